The van der Waals surface area contributed by atoms with E-state index >= 15 is 0 Å². The van der Waals surface area contributed by atoms with Crippen LogP contribution in [0, 0.1) is 5.92 Å². The average Bonchev–Trinajstić information content (AvgIpc) is 2.73. The number of hydrogen-bond acceptors (Lipinski definition) is 2. The van der Waals surface area contributed by atoms with Gasteiger partial charge in [-0.1, -0.05) is 18.0 Å². The third kappa shape index (κ3) is 2.14. The summed E-state index contributed by atoms with van der Waals surface area (Å²) in [5.74, 6) is 1.63. The van der Waals surface area contributed by atoms with Crippen molar-refractivity contribution in [2.24, 2.45) is 5.92 Å². The molecule has 0 radical (unpaired) electrons. The molecule has 0 bridgehead atoms. The number of benzene rings is 1. The lowest BCUT2D eigenvalue weighted by atomic mass is 9.82. The SMILES string of the molecule is Cl.Clc1cc2c3c(c1)C1CCCC1CN3CCNC2. The molecule has 104 valence electrons. The molecule has 1 aliphatic carbocycles. The molecular formula is C15H20Cl2N2. The standard InChI is InChI=1S/C15H19ClN2.ClH/c16-12-6-11-8-17-4-5-18-9-10-2-1-3-13(10)14(7-12)15(11)18;/h6-7,10,13,17H,1-5,8-9H2;1H. The molecule has 0 spiro atoms. The first-order chi connectivity index (χ1) is 8.83. The molecule has 1 saturated carbocycles. The van der Waals surface area contributed by atoms with Crippen molar-refractivity contribution in [2.75, 3.05) is 24.5 Å². The Morgan fingerprint density at radius 2 is 2.16 bits per heavy atom. The molecule has 2 aliphatic heterocycles. The highest BCUT2D eigenvalue weighted by atomic mass is 35.5. The molecule has 1 aromatic rings. The molecule has 1 aromatic carbocycles. The minimum atomic E-state index is 0. The van der Waals surface area contributed by atoms with Crippen molar-refractivity contribution in [3.05, 3.63) is 28.3 Å². The molecule has 2 nitrogen and oxygen atoms in total. The molecule has 0 aromatic heterocycles. The van der Waals surface area contributed by atoms with Gasteiger partial charge in [0.05, 0.1) is 0 Å². The number of fused-ring (bicyclic) bond motifs is 2. The number of rotatable bonds is 0. The second-order valence-electron chi connectivity index (χ2n) is 5.92. The third-order valence-corrected chi connectivity index (χ3v) is 5.10. The van der Waals surface area contributed by atoms with Crippen LogP contribution in [0.1, 0.15) is 36.3 Å². The largest absolute Gasteiger partial charge is 0.369 e. The van der Waals surface area contributed by atoms with E-state index < -0.39 is 0 Å². The smallest absolute Gasteiger partial charge is 0.0448 e. The Morgan fingerprint density at radius 1 is 1.26 bits per heavy atom. The maximum atomic E-state index is 6.33. The predicted molar refractivity (Wildman–Crippen MR) is 82.7 cm³/mol. The Morgan fingerprint density at radius 3 is 3.05 bits per heavy atom. The minimum Gasteiger partial charge on any atom is -0.369 e. The van der Waals surface area contributed by atoms with Crippen molar-refractivity contribution in [1.82, 2.24) is 5.32 Å². The van der Waals surface area contributed by atoms with Crippen molar-refractivity contribution in [2.45, 2.75) is 31.7 Å². The van der Waals surface area contributed by atoms with Crippen LogP contribution >= 0.6 is 24.0 Å². The van der Waals surface area contributed by atoms with Gasteiger partial charge in [-0.05, 0) is 47.9 Å². The summed E-state index contributed by atoms with van der Waals surface area (Å²) in [4.78, 5) is 2.60. The zero-order valence-corrected chi connectivity index (χ0v) is 12.6. The highest BCUT2D eigenvalue weighted by Crippen LogP contribution is 2.49. The van der Waals surface area contributed by atoms with Crippen LogP contribution in [0.4, 0.5) is 5.69 Å². The molecule has 1 N–H and O–H groups in total. The minimum absolute atomic E-state index is 0. The first-order valence-corrected chi connectivity index (χ1v) is 7.49. The molecule has 2 heterocycles. The summed E-state index contributed by atoms with van der Waals surface area (Å²) < 4.78 is 0. The normalized spacial score (nSPS) is 28.2. The van der Waals surface area contributed by atoms with Gasteiger partial charge < -0.3 is 10.2 Å². The topological polar surface area (TPSA) is 15.3 Å². The van der Waals surface area contributed by atoms with Gasteiger partial charge in [-0.2, -0.15) is 0 Å². The molecule has 0 saturated heterocycles. The molecule has 1 fully saturated rings. The molecule has 4 heteroatoms. The van der Waals surface area contributed by atoms with E-state index in [2.05, 4.69) is 22.3 Å². The lowest BCUT2D eigenvalue weighted by molar-refractivity contribution is 0.454. The lowest BCUT2D eigenvalue weighted by Crippen LogP contribution is -2.38. The second-order valence-corrected chi connectivity index (χ2v) is 6.36. The molecular weight excluding hydrogens is 279 g/mol. The van der Waals surface area contributed by atoms with Gasteiger partial charge in [0.25, 0.3) is 0 Å². The maximum Gasteiger partial charge on any atom is 0.0448 e. The summed E-state index contributed by atoms with van der Waals surface area (Å²) in [7, 11) is 0. The number of halogens is 2. The fourth-order valence-corrected chi connectivity index (χ4v) is 4.41. The summed E-state index contributed by atoms with van der Waals surface area (Å²) in [5, 5.41) is 4.43. The Hall–Kier alpha value is -0.440. The van der Waals surface area contributed by atoms with E-state index in [1.807, 2.05) is 0 Å². The Labute approximate surface area is 125 Å². The Balaban J connectivity index is 0.00000110. The van der Waals surface area contributed by atoms with Gasteiger partial charge in [0, 0.05) is 36.9 Å². The van der Waals surface area contributed by atoms with Gasteiger partial charge in [0.15, 0.2) is 0 Å². The summed E-state index contributed by atoms with van der Waals surface area (Å²) in [6.45, 7) is 4.46. The van der Waals surface area contributed by atoms with E-state index in [0.29, 0.717) is 0 Å². The van der Waals surface area contributed by atoms with Gasteiger partial charge >= 0.3 is 0 Å². The first-order valence-electron chi connectivity index (χ1n) is 7.11. The van der Waals surface area contributed by atoms with Gasteiger partial charge in [0.1, 0.15) is 0 Å². The zero-order valence-electron chi connectivity index (χ0n) is 11.0. The molecule has 0 amide bonds. The van der Waals surface area contributed by atoms with Crippen LogP contribution in [0.25, 0.3) is 0 Å². The van der Waals surface area contributed by atoms with Crippen molar-refractivity contribution < 1.29 is 0 Å². The Kier molecular flexibility index (Phi) is 3.67. The number of nitrogens with zero attached hydrogens (tertiary/aromatic N) is 1. The van der Waals surface area contributed by atoms with E-state index in [4.69, 9.17) is 11.6 Å². The van der Waals surface area contributed by atoms with Gasteiger partial charge in [-0.15, -0.1) is 12.4 Å². The molecule has 2 unspecified atom stereocenters. The van der Waals surface area contributed by atoms with E-state index in [1.165, 1.54) is 42.6 Å². The maximum absolute atomic E-state index is 6.33. The van der Waals surface area contributed by atoms with Crippen LogP contribution in [0.15, 0.2) is 12.1 Å². The lowest BCUT2D eigenvalue weighted by Gasteiger charge is -2.39. The van der Waals surface area contributed by atoms with Crippen LogP contribution in [-0.2, 0) is 6.54 Å². The summed E-state index contributed by atoms with van der Waals surface area (Å²) >= 11 is 6.33. The molecule has 4 rings (SSSR count). The van der Waals surface area contributed by atoms with Crippen LogP contribution < -0.4 is 10.2 Å². The second kappa shape index (κ2) is 5.16. The Bertz CT molecular complexity index is 489. The predicted octanol–water partition coefficient (Wildman–Crippen LogP) is 3.57. The van der Waals surface area contributed by atoms with Crippen molar-refractivity contribution in [1.29, 1.82) is 0 Å². The fraction of sp³-hybridized carbons (Fsp3) is 0.600. The van der Waals surface area contributed by atoms with Crippen LogP contribution in [-0.4, -0.2) is 19.6 Å². The van der Waals surface area contributed by atoms with Gasteiger partial charge in [-0.3, -0.25) is 0 Å². The van der Waals surface area contributed by atoms with E-state index in [0.717, 1.165) is 36.5 Å². The summed E-state index contributed by atoms with van der Waals surface area (Å²) in [5.41, 5.74) is 4.45. The summed E-state index contributed by atoms with van der Waals surface area (Å²) in [6, 6.07) is 4.39. The average molecular weight is 299 g/mol. The highest BCUT2D eigenvalue weighted by Gasteiger charge is 2.38. The zero-order chi connectivity index (χ0) is 12.1. The highest BCUT2D eigenvalue weighted by molar-refractivity contribution is 6.30. The molecule has 2 atom stereocenters. The summed E-state index contributed by atoms with van der Waals surface area (Å²) in [6.07, 6.45) is 4.15. The van der Waals surface area contributed by atoms with Gasteiger partial charge in [0.2, 0.25) is 0 Å². The van der Waals surface area contributed by atoms with E-state index in [1.54, 1.807) is 0 Å². The number of hydrogen-bond donors (Lipinski definition) is 1. The molecule has 3 aliphatic rings. The number of anilines is 1. The fourth-order valence-electron chi connectivity index (χ4n) is 4.16. The quantitative estimate of drug-likeness (QED) is 0.788. The third-order valence-electron chi connectivity index (χ3n) is 4.89. The van der Waals surface area contributed by atoms with Crippen molar-refractivity contribution in [3.8, 4) is 0 Å². The van der Waals surface area contributed by atoms with Crippen molar-refractivity contribution >= 4 is 29.7 Å². The molecule has 19 heavy (non-hydrogen) atoms. The van der Waals surface area contributed by atoms with Crippen LogP contribution in [0.3, 0.4) is 0 Å². The van der Waals surface area contributed by atoms with Crippen molar-refractivity contribution in [3.63, 3.8) is 0 Å². The number of nitrogens with one attached hydrogen (secondary N) is 1. The first kappa shape index (κ1) is 13.5. The van der Waals surface area contributed by atoms with E-state index in [-0.39, 0.29) is 12.4 Å². The van der Waals surface area contributed by atoms with Gasteiger partial charge in [-0.25, -0.2) is 0 Å². The van der Waals surface area contributed by atoms with Crippen LogP contribution in [0.5, 0.6) is 0 Å². The monoisotopic (exact) mass is 298 g/mol. The van der Waals surface area contributed by atoms with Crippen LogP contribution in [0.2, 0.25) is 5.02 Å². The van der Waals surface area contributed by atoms with E-state index in [9.17, 15) is 0 Å².